The summed E-state index contributed by atoms with van der Waals surface area (Å²) < 4.78 is 16.4. The molecular weight excluding hydrogens is 256 g/mol. The number of anilines is 1. The number of ether oxygens (including phenoxy) is 3. The Labute approximate surface area is 121 Å². The summed E-state index contributed by atoms with van der Waals surface area (Å²) in [4.78, 5) is 2.32. The van der Waals surface area contributed by atoms with Gasteiger partial charge in [0.25, 0.3) is 0 Å². The van der Waals surface area contributed by atoms with Crippen LogP contribution in [0.2, 0.25) is 0 Å². The second-order valence-electron chi connectivity index (χ2n) is 4.46. The molecule has 0 aliphatic heterocycles. The molecule has 0 saturated heterocycles. The zero-order valence-electron chi connectivity index (χ0n) is 12.9. The molecule has 1 rings (SSSR count). The molecule has 2 N–H and O–H groups in total. The van der Waals surface area contributed by atoms with E-state index in [-0.39, 0.29) is 0 Å². The van der Waals surface area contributed by atoms with Gasteiger partial charge in [0.1, 0.15) is 0 Å². The molecule has 0 radical (unpaired) electrons. The van der Waals surface area contributed by atoms with Crippen LogP contribution in [0.15, 0.2) is 12.1 Å². The second kappa shape index (κ2) is 8.66. The Kier molecular flexibility index (Phi) is 7.18. The highest BCUT2D eigenvalue weighted by atomic mass is 16.5. The highest BCUT2D eigenvalue weighted by molar-refractivity contribution is 5.63. The molecule has 1 aromatic carbocycles. The molecule has 0 heterocycles. The van der Waals surface area contributed by atoms with Crippen LogP contribution in [-0.4, -0.2) is 45.4 Å². The van der Waals surface area contributed by atoms with E-state index in [1.807, 2.05) is 12.1 Å². The summed E-state index contributed by atoms with van der Waals surface area (Å²) >= 11 is 0. The lowest BCUT2D eigenvalue weighted by atomic mass is 10.1. The van der Waals surface area contributed by atoms with Crippen LogP contribution < -0.4 is 15.2 Å². The average Bonchev–Trinajstić information content (AvgIpc) is 2.48. The van der Waals surface area contributed by atoms with Crippen LogP contribution in [0.1, 0.15) is 19.4 Å². The molecule has 0 spiro atoms. The second-order valence-corrected chi connectivity index (χ2v) is 4.46. The summed E-state index contributed by atoms with van der Waals surface area (Å²) in [6.07, 6.45) is 0. The van der Waals surface area contributed by atoms with E-state index < -0.39 is 0 Å². The molecule has 0 unspecified atom stereocenters. The first kappa shape index (κ1) is 16.6. The van der Waals surface area contributed by atoms with Crippen LogP contribution >= 0.6 is 0 Å². The number of benzene rings is 1. The van der Waals surface area contributed by atoms with Crippen molar-refractivity contribution in [3.8, 4) is 11.5 Å². The van der Waals surface area contributed by atoms with Crippen molar-refractivity contribution in [1.82, 2.24) is 4.90 Å². The fourth-order valence-electron chi connectivity index (χ4n) is 2.08. The maximum Gasteiger partial charge on any atom is 0.184 e. The molecule has 5 heteroatoms. The Balaban J connectivity index is 2.60. The van der Waals surface area contributed by atoms with E-state index in [4.69, 9.17) is 19.9 Å². The van der Waals surface area contributed by atoms with Crippen LogP contribution in [-0.2, 0) is 11.3 Å². The molecular formula is C15H26N2O3. The average molecular weight is 282 g/mol. The van der Waals surface area contributed by atoms with E-state index in [1.54, 1.807) is 14.2 Å². The fraction of sp³-hybridized carbons (Fsp3) is 0.600. The van der Waals surface area contributed by atoms with Crippen LogP contribution in [0.25, 0.3) is 0 Å². The van der Waals surface area contributed by atoms with Crippen molar-refractivity contribution in [2.45, 2.75) is 20.5 Å². The molecule has 0 aromatic heterocycles. The van der Waals surface area contributed by atoms with Crippen LogP contribution in [0, 0.1) is 0 Å². The molecule has 0 atom stereocenters. The first-order chi connectivity index (χ1) is 9.67. The van der Waals surface area contributed by atoms with E-state index in [0.29, 0.717) is 30.4 Å². The van der Waals surface area contributed by atoms with Crippen molar-refractivity contribution in [1.29, 1.82) is 0 Å². The zero-order valence-corrected chi connectivity index (χ0v) is 12.9. The maximum absolute atomic E-state index is 5.85. The van der Waals surface area contributed by atoms with Gasteiger partial charge in [0, 0.05) is 12.1 Å². The molecule has 0 amide bonds. The third kappa shape index (κ3) is 4.28. The minimum absolute atomic E-state index is 0.487. The largest absolute Gasteiger partial charge is 0.492 e. The first-order valence-corrected chi connectivity index (χ1v) is 6.97. The summed E-state index contributed by atoms with van der Waals surface area (Å²) in [5, 5.41) is 0. The predicted octanol–water partition coefficient (Wildman–Crippen LogP) is 2.14. The Morgan fingerprint density at radius 2 is 1.70 bits per heavy atom. The number of nitrogens with zero attached hydrogens (tertiary/aromatic N) is 1. The Bertz CT molecular complexity index is 406. The SMILES string of the molecule is CCN(CC)CCOCc1ccc(N)c(OC)c1OC. The van der Waals surface area contributed by atoms with Gasteiger partial charge in [-0.2, -0.15) is 0 Å². The summed E-state index contributed by atoms with van der Waals surface area (Å²) in [5.74, 6) is 1.22. The zero-order chi connectivity index (χ0) is 15.0. The molecule has 0 fully saturated rings. The van der Waals surface area contributed by atoms with E-state index in [9.17, 15) is 0 Å². The highest BCUT2D eigenvalue weighted by Gasteiger charge is 2.13. The summed E-state index contributed by atoms with van der Waals surface area (Å²) in [6.45, 7) is 8.49. The molecule has 0 aliphatic rings. The molecule has 114 valence electrons. The van der Waals surface area contributed by atoms with Crippen molar-refractivity contribution in [3.63, 3.8) is 0 Å². The van der Waals surface area contributed by atoms with E-state index in [2.05, 4.69) is 18.7 Å². The van der Waals surface area contributed by atoms with Crippen LogP contribution in [0.3, 0.4) is 0 Å². The van der Waals surface area contributed by atoms with E-state index in [1.165, 1.54) is 0 Å². The van der Waals surface area contributed by atoms with Gasteiger partial charge in [0.2, 0.25) is 0 Å². The van der Waals surface area contributed by atoms with Gasteiger partial charge in [0.15, 0.2) is 11.5 Å². The minimum Gasteiger partial charge on any atom is -0.492 e. The summed E-state index contributed by atoms with van der Waals surface area (Å²) in [7, 11) is 3.19. The number of hydrogen-bond acceptors (Lipinski definition) is 5. The molecule has 0 bridgehead atoms. The van der Waals surface area contributed by atoms with Crippen molar-refractivity contribution < 1.29 is 14.2 Å². The number of nitrogens with two attached hydrogens (primary N) is 1. The predicted molar refractivity (Wildman–Crippen MR) is 81.4 cm³/mol. The van der Waals surface area contributed by atoms with Gasteiger partial charge in [-0.3, -0.25) is 0 Å². The number of nitrogen functional groups attached to an aromatic ring is 1. The fourth-order valence-corrected chi connectivity index (χ4v) is 2.08. The molecule has 20 heavy (non-hydrogen) atoms. The van der Waals surface area contributed by atoms with E-state index >= 15 is 0 Å². The van der Waals surface area contributed by atoms with E-state index in [0.717, 1.165) is 25.2 Å². The van der Waals surface area contributed by atoms with Crippen molar-refractivity contribution in [2.24, 2.45) is 0 Å². The van der Waals surface area contributed by atoms with Crippen LogP contribution in [0.5, 0.6) is 11.5 Å². The normalized spacial score (nSPS) is 10.8. The molecule has 1 aromatic rings. The number of rotatable bonds is 9. The third-order valence-corrected chi connectivity index (χ3v) is 3.34. The van der Waals surface area contributed by atoms with Crippen molar-refractivity contribution in [2.75, 3.05) is 46.2 Å². The van der Waals surface area contributed by atoms with Crippen molar-refractivity contribution in [3.05, 3.63) is 17.7 Å². The topological polar surface area (TPSA) is 57.0 Å². The summed E-state index contributed by atoms with van der Waals surface area (Å²) in [6, 6.07) is 3.72. The van der Waals surface area contributed by atoms with Gasteiger partial charge in [-0.1, -0.05) is 19.9 Å². The van der Waals surface area contributed by atoms with Gasteiger partial charge in [-0.25, -0.2) is 0 Å². The Hall–Kier alpha value is -1.46. The lowest BCUT2D eigenvalue weighted by Gasteiger charge is -2.18. The molecule has 0 saturated carbocycles. The third-order valence-electron chi connectivity index (χ3n) is 3.34. The van der Waals surface area contributed by atoms with Crippen LogP contribution in [0.4, 0.5) is 5.69 Å². The maximum atomic E-state index is 5.85. The summed E-state index contributed by atoms with van der Waals surface area (Å²) in [5.41, 5.74) is 7.36. The molecule has 5 nitrogen and oxygen atoms in total. The lowest BCUT2D eigenvalue weighted by molar-refractivity contribution is 0.0940. The number of hydrogen-bond donors (Lipinski definition) is 1. The van der Waals surface area contributed by atoms with Gasteiger partial charge >= 0.3 is 0 Å². The number of methoxy groups -OCH3 is 2. The van der Waals surface area contributed by atoms with Crippen molar-refractivity contribution >= 4 is 5.69 Å². The minimum atomic E-state index is 0.487. The monoisotopic (exact) mass is 282 g/mol. The standard InChI is InChI=1S/C15H26N2O3/c1-5-17(6-2)9-10-20-11-12-7-8-13(16)15(19-4)14(12)18-3/h7-8H,5-6,9-11,16H2,1-4H3. The first-order valence-electron chi connectivity index (χ1n) is 6.97. The van der Waals surface area contributed by atoms with Gasteiger partial charge in [-0.05, 0) is 19.2 Å². The van der Waals surface area contributed by atoms with Gasteiger partial charge in [-0.15, -0.1) is 0 Å². The van der Waals surface area contributed by atoms with Gasteiger partial charge < -0.3 is 24.8 Å². The highest BCUT2D eigenvalue weighted by Crippen LogP contribution is 2.36. The number of likely N-dealkylation sites (N-methyl/N-ethyl adjacent to an activating group) is 1. The smallest absolute Gasteiger partial charge is 0.184 e. The lowest BCUT2D eigenvalue weighted by Crippen LogP contribution is -2.27. The molecule has 0 aliphatic carbocycles. The van der Waals surface area contributed by atoms with Gasteiger partial charge in [0.05, 0.1) is 33.1 Å². The Morgan fingerprint density at radius 3 is 2.25 bits per heavy atom. The Morgan fingerprint density at radius 1 is 1.05 bits per heavy atom. The quantitative estimate of drug-likeness (QED) is 0.555.